The van der Waals surface area contributed by atoms with Crippen LogP contribution in [-0.4, -0.2) is 38.2 Å². The highest BCUT2D eigenvalue weighted by molar-refractivity contribution is 5.67. The number of methoxy groups -OCH3 is 1. The summed E-state index contributed by atoms with van der Waals surface area (Å²) in [5, 5.41) is 3.04. The number of hydrogen-bond acceptors (Lipinski definition) is 4. The van der Waals surface area contributed by atoms with E-state index in [4.69, 9.17) is 14.2 Å². The first kappa shape index (κ1) is 34.4. The SMILES string of the molecule is CCCCCCCCCCCCCCCC(CC)NC(=O)OC(OCCCC[n+]1ccccc1)C(C)OC. The molecular weight excluding hydrogens is 476 g/mol. The molecule has 0 aliphatic rings. The first-order valence-corrected chi connectivity index (χ1v) is 15.7. The average molecular weight is 536 g/mol. The zero-order chi connectivity index (χ0) is 27.7. The fourth-order valence-electron chi connectivity index (χ4n) is 4.65. The summed E-state index contributed by atoms with van der Waals surface area (Å²) in [6.45, 7) is 7.72. The van der Waals surface area contributed by atoms with Gasteiger partial charge in [-0.3, -0.25) is 0 Å². The molecule has 1 heterocycles. The molecule has 0 fully saturated rings. The molecule has 6 heteroatoms. The number of nitrogens with one attached hydrogen (secondary N) is 1. The Morgan fingerprint density at radius 3 is 1.92 bits per heavy atom. The number of unbranched alkanes of at least 4 members (excludes halogenated alkanes) is 13. The van der Waals surface area contributed by atoms with E-state index >= 15 is 0 Å². The maximum atomic E-state index is 12.6. The second-order valence-electron chi connectivity index (χ2n) is 10.7. The van der Waals surface area contributed by atoms with Crippen LogP contribution < -0.4 is 9.88 Å². The van der Waals surface area contributed by atoms with Crippen LogP contribution in [0.1, 0.15) is 130 Å². The van der Waals surface area contributed by atoms with Crippen LogP contribution in [-0.2, 0) is 20.8 Å². The van der Waals surface area contributed by atoms with Gasteiger partial charge in [0.05, 0.1) is 6.61 Å². The highest BCUT2D eigenvalue weighted by Gasteiger charge is 2.23. The molecule has 38 heavy (non-hydrogen) atoms. The Kier molecular flexibility index (Phi) is 22.1. The maximum absolute atomic E-state index is 12.6. The lowest BCUT2D eigenvalue weighted by Gasteiger charge is -2.25. The Bertz CT molecular complexity index is 658. The molecule has 1 aromatic rings. The number of carbonyl (C=O) groups excluding carboxylic acids is 1. The second kappa shape index (κ2) is 24.4. The lowest BCUT2D eigenvalue weighted by molar-refractivity contribution is -0.697. The number of hydrogen-bond donors (Lipinski definition) is 1. The molecule has 3 unspecified atom stereocenters. The number of carbonyl (C=O) groups is 1. The van der Waals surface area contributed by atoms with Crippen molar-refractivity contribution in [3.8, 4) is 0 Å². The van der Waals surface area contributed by atoms with Gasteiger partial charge in [-0.05, 0) is 26.2 Å². The molecular formula is C32H59N2O4+. The lowest BCUT2D eigenvalue weighted by Crippen LogP contribution is -2.41. The van der Waals surface area contributed by atoms with Gasteiger partial charge in [-0.2, -0.15) is 0 Å². The summed E-state index contributed by atoms with van der Waals surface area (Å²) >= 11 is 0. The van der Waals surface area contributed by atoms with Gasteiger partial charge < -0.3 is 19.5 Å². The highest BCUT2D eigenvalue weighted by Crippen LogP contribution is 2.14. The van der Waals surface area contributed by atoms with Crippen molar-refractivity contribution >= 4 is 6.09 Å². The van der Waals surface area contributed by atoms with Crippen LogP contribution in [0.4, 0.5) is 4.79 Å². The van der Waals surface area contributed by atoms with Gasteiger partial charge in [0.1, 0.15) is 12.6 Å². The Hall–Kier alpha value is -1.66. The normalized spacial score (nSPS) is 13.7. The molecule has 0 aliphatic carbocycles. The predicted molar refractivity (Wildman–Crippen MR) is 156 cm³/mol. The van der Waals surface area contributed by atoms with Crippen LogP contribution in [0.5, 0.6) is 0 Å². The number of aromatic nitrogens is 1. The van der Waals surface area contributed by atoms with Gasteiger partial charge >= 0.3 is 6.09 Å². The number of nitrogens with zero attached hydrogens (tertiary/aromatic N) is 1. The molecule has 1 amide bonds. The van der Waals surface area contributed by atoms with Crippen molar-refractivity contribution in [3.63, 3.8) is 0 Å². The smallest absolute Gasteiger partial charge is 0.409 e. The number of alkyl carbamates (subject to hydrolysis) is 1. The van der Waals surface area contributed by atoms with Crippen LogP contribution in [0.2, 0.25) is 0 Å². The van der Waals surface area contributed by atoms with E-state index in [1.165, 1.54) is 77.0 Å². The van der Waals surface area contributed by atoms with E-state index < -0.39 is 12.4 Å². The van der Waals surface area contributed by atoms with E-state index in [2.05, 4.69) is 36.1 Å². The van der Waals surface area contributed by atoms with Gasteiger partial charge in [0.2, 0.25) is 6.29 Å². The number of amides is 1. The summed E-state index contributed by atoms with van der Waals surface area (Å²) in [5.74, 6) is 0. The van der Waals surface area contributed by atoms with Crippen LogP contribution in [0.15, 0.2) is 30.6 Å². The Morgan fingerprint density at radius 1 is 0.789 bits per heavy atom. The number of aryl methyl sites for hydroxylation is 1. The lowest BCUT2D eigenvalue weighted by atomic mass is 10.0. The fourth-order valence-corrected chi connectivity index (χ4v) is 4.65. The van der Waals surface area contributed by atoms with E-state index in [-0.39, 0.29) is 12.1 Å². The van der Waals surface area contributed by atoms with Gasteiger partial charge in [-0.25, -0.2) is 9.36 Å². The molecule has 0 aromatic carbocycles. The van der Waals surface area contributed by atoms with Crippen molar-refractivity contribution in [1.29, 1.82) is 0 Å². The summed E-state index contributed by atoms with van der Waals surface area (Å²) in [4.78, 5) is 12.6. The van der Waals surface area contributed by atoms with Crippen LogP contribution >= 0.6 is 0 Å². The summed E-state index contributed by atoms with van der Waals surface area (Å²) < 4.78 is 19.0. The minimum atomic E-state index is -0.710. The largest absolute Gasteiger partial charge is 0.417 e. The third-order valence-corrected chi connectivity index (χ3v) is 7.32. The maximum Gasteiger partial charge on any atom is 0.409 e. The standard InChI is InChI=1S/C32H58N2O4/c1-5-7-8-9-10-11-12-13-14-15-16-17-19-24-30(6-2)33-32(35)38-31(29(3)36-4)37-28-23-22-27-34-25-20-18-21-26-34/h18,20-21,25-26,29-31H,5-17,19,22-24,27-28H2,1-4H3/p+1. The molecule has 1 N–H and O–H groups in total. The molecule has 1 rings (SSSR count). The minimum Gasteiger partial charge on any atom is -0.417 e. The van der Waals surface area contributed by atoms with E-state index in [1.54, 1.807) is 7.11 Å². The molecule has 6 nitrogen and oxygen atoms in total. The topological polar surface area (TPSA) is 60.7 Å². The van der Waals surface area contributed by atoms with Crippen LogP contribution in [0.25, 0.3) is 0 Å². The molecule has 3 atom stereocenters. The van der Waals surface area contributed by atoms with Crippen molar-refractivity contribution < 1.29 is 23.6 Å². The number of pyridine rings is 1. The monoisotopic (exact) mass is 535 g/mol. The van der Waals surface area contributed by atoms with E-state index in [0.717, 1.165) is 38.6 Å². The Labute approximate surface area is 234 Å². The van der Waals surface area contributed by atoms with Crippen molar-refractivity contribution in [2.75, 3.05) is 13.7 Å². The highest BCUT2D eigenvalue weighted by atomic mass is 16.7. The fraction of sp³-hybridized carbons (Fsp3) is 0.812. The van der Waals surface area contributed by atoms with Gasteiger partial charge in [-0.1, -0.05) is 103 Å². The molecule has 0 spiro atoms. The third kappa shape index (κ3) is 18.6. The first-order valence-electron chi connectivity index (χ1n) is 15.7. The van der Waals surface area contributed by atoms with Crippen LogP contribution in [0.3, 0.4) is 0 Å². The van der Waals surface area contributed by atoms with Crippen LogP contribution in [0, 0.1) is 0 Å². The van der Waals surface area contributed by atoms with E-state index in [1.807, 2.05) is 25.1 Å². The first-order chi connectivity index (χ1) is 18.6. The summed E-state index contributed by atoms with van der Waals surface area (Å²) in [6.07, 6.45) is 24.0. The zero-order valence-electron chi connectivity index (χ0n) is 25.1. The van der Waals surface area contributed by atoms with Gasteiger partial charge in [0, 0.05) is 31.7 Å². The van der Waals surface area contributed by atoms with Crippen molar-refractivity contribution in [3.05, 3.63) is 30.6 Å². The molecule has 0 saturated heterocycles. The molecule has 1 aromatic heterocycles. The Morgan fingerprint density at radius 2 is 1.37 bits per heavy atom. The van der Waals surface area contributed by atoms with Gasteiger partial charge in [0.25, 0.3) is 0 Å². The van der Waals surface area contributed by atoms with Gasteiger partial charge in [0.15, 0.2) is 12.4 Å². The molecule has 220 valence electrons. The summed E-state index contributed by atoms with van der Waals surface area (Å²) in [5.41, 5.74) is 0. The van der Waals surface area contributed by atoms with E-state index in [9.17, 15) is 4.79 Å². The Balaban J connectivity index is 2.14. The van der Waals surface area contributed by atoms with Crippen molar-refractivity contribution in [2.24, 2.45) is 0 Å². The summed E-state index contributed by atoms with van der Waals surface area (Å²) in [7, 11) is 1.61. The third-order valence-electron chi connectivity index (χ3n) is 7.32. The van der Waals surface area contributed by atoms with Crippen molar-refractivity contribution in [2.45, 2.75) is 155 Å². The number of rotatable bonds is 25. The minimum absolute atomic E-state index is 0.136. The average Bonchev–Trinajstić information content (AvgIpc) is 2.94. The zero-order valence-corrected chi connectivity index (χ0v) is 25.1. The second-order valence-corrected chi connectivity index (χ2v) is 10.7. The van der Waals surface area contributed by atoms with Gasteiger partial charge in [-0.15, -0.1) is 0 Å². The molecule has 0 aliphatic heterocycles. The number of ether oxygens (including phenoxy) is 3. The predicted octanol–water partition coefficient (Wildman–Crippen LogP) is 8.12. The van der Waals surface area contributed by atoms with Crippen molar-refractivity contribution in [1.82, 2.24) is 5.32 Å². The molecule has 0 saturated carbocycles. The quantitative estimate of drug-likeness (QED) is 0.0780. The molecule has 0 bridgehead atoms. The van der Waals surface area contributed by atoms with E-state index in [0.29, 0.717) is 6.61 Å². The summed E-state index contributed by atoms with van der Waals surface area (Å²) in [6, 6.07) is 6.21. The molecule has 0 radical (unpaired) electrons.